The number of carboxylic acid groups (broad SMARTS) is 2. The Hall–Kier alpha value is -2.28. The van der Waals surface area contributed by atoms with Crippen LogP contribution >= 0.6 is 11.6 Å². The molecule has 0 bridgehead atoms. The summed E-state index contributed by atoms with van der Waals surface area (Å²) >= 11 is 5.81. The van der Waals surface area contributed by atoms with Crippen LogP contribution in [0.4, 0.5) is 0 Å². The number of fused-ring (bicyclic) bond motifs is 1. The van der Waals surface area contributed by atoms with Crippen molar-refractivity contribution < 1.29 is 19.8 Å². The summed E-state index contributed by atoms with van der Waals surface area (Å²) in [7, 11) is 0. The molecular formula is C11H9ClN2O5. The quantitative estimate of drug-likeness (QED) is 0.857. The molecule has 2 N–H and O–H groups in total. The van der Waals surface area contributed by atoms with Gasteiger partial charge in [-0.3, -0.25) is 18.7 Å². The largest absolute Gasteiger partial charge is 0.480 e. The number of aromatic nitrogens is 2. The average Bonchev–Trinajstić information content (AvgIpc) is 2.53. The van der Waals surface area contributed by atoms with Crippen molar-refractivity contribution in [1.82, 2.24) is 9.13 Å². The second-order valence-electron chi connectivity index (χ2n) is 3.88. The highest BCUT2D eigenvalue weighted by Gasteiger charge is 2.17. The first kappa shape index (κ1) is 13.2. The average molecular weight is 285 g/mol. The maximum atomic E-state index is 12.0. The van der Waals surface area contributed by atoms with Crippen LogP contribution in [0.5, 0.6) is 0 Å². The number of hydrogen-bond acceptors (Lipinski definition) is 3. The van der Waals surface area contributed by atoms with Crippen LogP contribution in [-0.4, -0.2) is 31.3 Å². The number of rotatable bonds is 4. The Labute approximate surface area is 111 Å². The fourth-order valence-electron chi connectivity index (χ4n) is 1.87. The lowest BCUT2D eigenvalue weighted by Crippen LogP contribution is -2.28. The molecule has 0 aliphatic rings. The zero-order valence-electron chi connectivity index (χ0n) is 9.54. The molecule has 0 saturated carbocycles. The van der Waals surface area contributed by atoms with Crippen LogP contribution in [0.2, 0.25) is 5.02 Å². The molecule has 2 aromatic rings. The molecule has 1 heterocycles. The van der Waals surface area contributed by atoms with Gasteiger partial charge < -0.3 is 10.2 Å². The number of halogens is 1. The van der Waals surface area contributed by atoms with Crippen LogP contribution in [-0.2, 0) is 22.7 Å². The number of carbonyl (C=O) groups is 2. The van der Waals surface area contributed by atoms with Crippen molar-refractivity contribution in [2.45, 2.75) is 13.1 Å². The van der Waals surface area contributed by atoms with Gasteiger partial charge in [0.05, 0.1) is 11.0 Å². The fraction of sp³-hybridized carbons (Fsp3) is 0.182. The summed E-state index contributed by atoms with van der Waals surface area (Å²) < 4.78 is 1.98. The Morgan fingerprint density at radius 3 is 2.11 bits per heavy atom. The van der Waals surface area contributed by atoms with Crippen LogP contribution in [0, 0.1) is 0 Å². The molecule has 0 spiro atoms. The van der Waals surface area contributed by atoms with E-state index in [-0.39, 0.29) is 0 Å². The first-order chi connectivity index (χ1) is 8.90. The first-order valence-corrected chi connectivity index (χ1v) is 5.60. The summed E-state index contributed by atoms with van der Waals surface area (Å²) in [6, 6.07) is 4.42. The second kappa shape index (κ2) is 4.77. The number of hydrogen-bond donors (Lipinski definition) is 2. The molecule has 0 saturated heterocycles. The Morgan fingerprint density at radius 1 is 1.05 bits per heavy atom. The summed E-state index contributed by atoms with van der Waals surface area (Å²) in [4.78, 5) is 33.5. The van der Waals surface area contributed by atoms with Crippen LogP contribution in [0.15, 0.2) is 23.0 Å². The van der Waals surface area contributed by atoms with E-state index in [2.05, 4.69) is 0 Å². The Kier molecular flexibility index (Phi) is 3.30. The molecule has 0 aliphatic heterocycles. The van der Waals surface area contributed by atoms with Gasteiger partial charge in [-0.2, -0.15) is 0 Å². The summed E-state index contributed by atoms with van der Waals surface area (Å²) in [6.07, 6.45) is 0. The van der Waals surface area contributed by atoms with Crippen molar-refractivity contribution in [3.05, 3.63) is 33.7 Å². The van der Waals surface area contributed by atoms with Crippen molar-refractivity contribution in [3.63, 3.8) is 0 Å². The predicted octanol–water partition coefficient (Wildman–Crippen LogP) is 0.626. The van der Waals surface area contributed by atoms with Gasteiger partial charge in [0, 0.05) is 5.02 Å². The van der Waals surface area contributed by atoms with Crippen LogP contribution < -0.4 is 5.69 Å². The number of nitrogens with zero attached hydrogens (tertiary/aromatic N) is 2. The molecule has 8 heteroatoms. The van der Waals surface area contributed by atoms with Gasteiger partial charge in [0.2, 0.25) is 0 Å². The molecular weight excluding hydrogens is 276 g/mol. The molecule has 100 valence electrons. The van der Waals surface area contributed by atoms with E-state index in [0.717, 1.165) is 9.13 Å². The summed E-state index contributed by atoms with van der Waals surface area (Å²) in [6.45, 7) is -1.09. The van der Waals surface area contributed by atoms with Gasteiger partial charge in [-0.1, -0.05) is 11.6 Å². The molecule has 0 unspecified atom stereocenters. The molecule has 0 atom stereocenters. The number of carboxylic acids is 2. The van der Waals surface area contributed by atoms with E-state index >= 15 is 0 Å². The molecule has 1 aromatic carbocycles. The van der Waals surface area contributed by atoms with E-state index in [1.54, 1.807) is 0 Å². The molecule has 2 rings (SSSR count). The maximum Gasteiger partial charge on any atom is 0.330 e. The summed E-state index contributed by atoms with van der Waals surface area (Å²) in [5.74, 6) is -2.39. The molecule has 0 fully saturated rings. The summed E-state index contributed by atoms with van der Waals surface area (Å²) in [5, 5.41) is 17.9. The van der Waals surface area contributed by atoms with Crippen molar-refractivity contribution in [2.24, 2.45) is 0 Å². The number of imidazole rings is 1. The Balaban J connectivity index is 2.75. The van der Waals surface area contributed by atoms with Gasteiger partial charge in [0.1, 0.15) is 13.1 Å². The molecule has 0 amide bonds. The summed E-state index contributed by atoms with van der Waals surface area (Å²) in [5.41, 5.74) is -0.0683. The topological polar surface area (TPSA) is 102 Å². The third kappa shape index (κ3) is 2.45. The first-order valence-electron chi connectivity index (χ1n) is 5.22. The van der Waals surface area contributed by atoms with Gasteiger partial charge in [-0.15, -0.1) is 0 Å². The monoisotopic (exact) mass is 284 g/mol. The second-order valence-corrected chi connectivity index (χ2v) is 4.31. The van der Waals surface area contributed by atoms with Gasteiger partial charge in [0.15, 0.2) is 0 Å². The minimum atomic E-state index is -1.20. The zero-order chi connectivity index (χ0) is 14.2. The van der Waals surface area contributed by atoms with Crippen molar-refractivity contribution >= 4 is 34.6 Å². The predicted molar refractivity (Wildman–Crippen MR) is 66.5 cm³/mol. The molecule has 0 radical (unpaired) electrons. The normalized spacial score (nSPS) is 10.8. The van der Waals surface area contributed by atoms with Crippen molar-refractivity contribution in [2.75, 3.05) is 0 Å². The third-order valence-electron chi connectivity index (χ3n) is 2.57. The molecule has 7 nitrogen and oxygen atoms in total. The van der Waals surface area contributed by atoms with E-state index in [0.29, 0.717) is 16.1 Å². The van der Waals surface area contributed by atoms with Crippen molar-refractivity contribution in [3.8, 4) is 0 Å². The van der Waals surface area contributed by atoms with Gasteiger partial charge >= 0.3 is 17.6 Å². The molecule has 1 aromatic heterocycles. The van der Waals surface area contributed by atoms with Gasteiger partial charge in [0.25, 0.3) is 0 Å². The standard InChI is InChI=1S/C11H9ClN2O5/c12-6-1-2-7-8(3-6)14(5-10(17)18)11(19)13(7)4-9(15)16/h1-3H,4-5H2,(H,15,16)(H,17,18). The van der Waals surface area contributed by atoms with E-state index in [9.17, 15) is 14.4 Å². The Morgan fingerprint density at radius 2 is 1.58 bits per heavy atom. The molecule has 19 heavy (non-hydrogen) atoms. The van der Waals surface area contributed by atoms with E-state index < -0.39 is 30.7 Å². The smallest absolute Gasteiger partial charge is 0.330 e. The highest BCUT2D eigenvalue weighted by atomic mass is 35.5. The SMILES string of the molecule is O=C(O)Cn1c(=O)n(CC(=O)O)c2cc(Cl)ccc21. The Bertz CT molecular complexity index is 730. The van der Waals surface area contributed by atoms with Gasteiger partial charge in [-0.05, 0) is 18.2 Å². The van der Waals surface area contributed by atoms with Gasteiger partial charge in [-0.25, -0.2) is 4.79 Å². The lowest BCUT2D eigenvalue weighted by atomic mass is 10.3. The highest BCUT2D eigenvalue weighted by molar-refractivity contribution is 6.31. The van der Waals surface area contributed by atoms with Crippen molar-refractivity contribution in [1.29, 1.82) is 0 Å². The maximum absolute atomic E-state index is 12.0. The van der Waals surface area contributed by atoms with Crippen LogP contribution in [0.25, 0.3) is 11.0 Å². The highest BCUT2D eigenvalue weighted by Crippen LogP contribution is 2.18. The van der Waals surface area contributed by atoms with E-state index in [1.807, 2.05) is 0 Å². The van der Waals surface area contributed by atoms with E-state index in [4.69, 9.17) is 21.8 Å². The van der Waals surface area contributed by atoms with Crippen LogP contribution in [0.1, 0.15) is 0 Å². The third-order valence-corrected chi connectivity index (χ3v) is 2.80. The van der Waals surface area contributed by atoms with Crippen LogP contribution in [0.3, 0.4) is 0 Å². The lowest BCUT2D eigenvalue weighted by molar-refractivity contribution is -0.138. The minimum absolute atomic E-state index is 0.293. The fourth-order valence-corrected chi connectivity index (χ4v) is 2.04. The van der Waals surface area contributed by atoms with E-state index in [1.165, 1.54) is 18.2 Å². The molecule has 0 aliphatic carbocycles. The minimum Gasteiger partial charge on any atom is -0.480 e. The zero-order valence-corrected chi connectivity index (χ0v) is 10.3. The number of benzene rings is 1. The number of aliphatic carboxylic acids is 2. The lowest BCUT2D eigenvalue weighted by Gasteiger charge is -1.98.